The average Bonchev–Trinajstić information content (AvgIpc) is 3.40. The third-order valence-corrected chi connectivity index (χ3v) is 15.3. The smallest absolute Gasteiger partial charge is 0.462 e. The van der Waals surface area contributed by atoms with Crippen LogP contribution in [0.2, 0.25) is 0 Å². The third-order valence-electron chi connectivity index (χ3n) is 13.4. The second kappa shape index (κ2) is 53.4. The van der Waals surface area contributed by atoms with Gasteiger partial charge in [0.1, 0.15) is 19.3 Å². The van der Waals surface area contributed by atoms with Crippen LogP contribution in [0.1, 0.15) is 291 Å². The second-order valence-electron chi connectivity index (χ2n) is 21.0. The zero-order valence-electron chi connectivity index (χ0n) is 48.9. The van der Waals surface area contributed by atoms with Crippen molar-refractivity contribution in [2.75, 3.05) is 39.6 Å². The van der Waals surface area contributed by atoms with E-state index >= 15 is 0 Å². The van der Waals surface area contributed by atoms with Crippen LogP contribution in [0.3, 0.4) is 0 Å². The normalized spacial score (nSPS) is 14.3. The SMILES string of the molecule is CCCCCCCCCCCCCCCCCC(=O)O[C@H](COC(=O)CCCCCCCCCCCCCC)COP(=O)(O)OC[C@@H](O)COP(=O)(O)OC[C@@H](COC(=O)CCCCCCC)OC(=O)CCCCCCC. The van der Waals surface area contributed by atoms with E-state index in [1.54, 1.807) is 0 Å². The van der Waals surface area contributed by atoms with Crippen LogP contribution < -0.4 is 0 Å². The van der Waals surface area contributed by atoms with Gasteiger partial charge < -0.3 is 33.8 Å². The molecule has 0 aliphatic carbocycles. The van der Waals surface area contributed by atoms with Crippen LogP contribution in [0.5, 0.6) is 0 Å². The molecule has 0 rings (SSSR count). The van der Waals surface area contributed by atoms with Crippen LogP contribution in [-0.4, -0.2) is 96.7 Å². The molecular formula is C58H112O17P2. The number of phosphoric acid groups is 2. The quantitative estimate of drug-likeness (QED) is 0.0222. The Labute approximate surface area is 467 Å². The molecule has 0 fully saturated rings. The van der Waals surface area contributed by atoms with Gasteiger partial charge in [-0.25, -0.2) is 9.13 Å². The van der Waals surface area contributed by atoms with Crippen molar-refractivity contribution in [1.82, 2.24) is 0 Å². The highest BCUT2D eigenvalue weighted by Crippen LogP contribution is 2.45. The van der Waals surface area contributed by atoms with E-state index in [2.05, 4.69) is 27.7 Å². The number of phosphoric ester groups is 2. The number of unbranched alkanes of at least 4 members (excludes halogenated alkanes) is 33. The lowest BCUT2D eigenvalue weighted by molar-refractivity contribution is -0.161. The lowest BCUT2D eigenvalue weighted by atomic mass is 10.0. The molecule has 0 spiro atoms. The third kappa shape index (κ3) is 53.2. The van der Waals surface area contributed by atoms with Crippen molar-refractivity contribution in [2.45, 2.75) is 309 Å². The molecule has 17 nitrogen and oxygen atoms in total. The molecule has 0 aliphatic rings. The van der Waals surface area contributed by atoms with E-state index in [-0.39, 0.29) is 25.7 Å². The first kappa shape index (κ1) is 75.1. The van der Waals surface area contributed by atoms with Gasteiger partial charge in [0.25, 0.3) is 0 Å². The zero-order chi connectivity index (χ0) is 56.9. The molecule has 0 amide bonds. The minimum Gasteiger partial charge on any atom is -0.462 e. The number of esters is 4. The van der Waals surface area contributed by atoms with Crippen molar-refractivity contribution in [3.05, 3.63) is 0 Å². The maximum absolute atomic E-state index is 12.9. The summed E-state index contributed by atoms with van der Waals surface area (Å²) in [4.78, 5) is 71.4. The molecule has 19 heteroatoms. The van der Waals surface area contributed by atoms with Gasteiger partial charge in [0.05, 0.1) is 26.4 Å². The summed E-state index contributed by atoms with van der Waals surface area (Å²) in [7, 11) is -9.85. The van der Waals surface area contributed by atoms with E-state index in [1.165, 1.54) is 116 Å². The molecule has 0 aromatic heterocycles. The summed E-state index contributed by atoms with van der Waals surface area (Å²) >= 11 is 0. The van der Waals surface area contributed by atoms with Gasteiger partial charge in [-0.05, 0) is 25.7 Å². The largest absolute Gasteiger partial charge is 0.472 e. The maximum atomic E-state index is 12.9. The van der Waals surface area contributed by atoms with Crippen molar-refractivity contribution >= 4 is 39.5 Å². The fourth-order valence-corrected chi connectivity index (χ4v) is 10.2. The fourth-order valence-electron chi connectivity index (χ4n) is 8.57. The zero-order valence-corrected chi connectivity index (χ0v) is 50.7. The predicted octanol–water partition coefficient (Wildman–Crippen LogP) is 15.6. The van der Waals surface area contributed by atoms with Gasteiger partial charge in [-0.15, -0.1) is 0 Å². The maximum Gasteiger partial charge on any atom is 0.472 e. The Balaban J connectivity index is 5.12. The molecule has 0 aliphatic heterocycles. The van der Waals surface area contributed by atoms with Crippen LogP contribution in [0.4, 0.5) is 0 Å². The molecule has 3 N–H and O–H groups in total. The second-order valence-corrected chi connectivity index (χ2v) is 23.9. The van der Waals surface area contributed by atoms with Crippen molar-refractivity contribution in [1.29, 1.82) is 0 Å². The Morgan fingerprint density at radius 3 is 0.766 bits per heavy atom. The molecule has 5 atom stereocenters. The predicted molar refractivity (Wildman–Crippen MR) is 303 cm³/mol. The summed E-state index contributed by atoms with van der Waals surface area (Å²) in [5.41, 5.74) is 0. The number of aliphatic hydroxyl groups is 1. The van der Waals surface area contributed by atoms with Crippen LogP contribution in [-0.2, 0) is 65.4 Å². The summed E-state index contributed by atoms with van der Waals surface area (Å²) in [6.45, 7) is 4.67. The van der Waals surface area contributed by atoms with Crippen molar-refractivity contribution in [3.63, 3.8) is 0 Å². The molecule has 77 heavy (non-hydrogen) atoms. The first-order valence-electron chi connectivity index (χ1n) is 30.8. The van der Waals surface area contributed by atoms with Gasteiger partial charge in [-0.2, -0.15) is 0 Å². The number of hydrogen-bond donors (Lipinski definition) is 3. The summed E-state index contributed by atoms with van der Waals surface area (Å²) < 4.78 is 67.3. The summed E-state index contributed by atoms with van der Waals surface area (Å²) in [6.07, 6.45) is 36.9. The molecule has 0 aromatic rings. The number of rotatable bonds is 59. The highest BCUT2D eigenvalue weighted by atomic mass is 31.2. The molecule has 0 saturated heterocycles. The number of carbonyl (C=O) groups excluding carboxylic acids is 4. The minimum absolute atomic E-state index is 0.0991. The summed E-state index contributed by atoms with van der Waals surface area (Å²) in [5, 5.41) is 10.5. The molecule has 456 valence electrons. The molecular weight excluding hydrogens is 1030 g/mol. The Kier molecular flexibility index (Phi) is 52.0. The van der Waals surface area contributed by atoms with E-state index in [4.69, 9.17) is 37.0 Å². The topological polar surface area (TPSA) is 237 Å². The number of aliphatic hydroxyl groups excluding tert-OH is 1. The highest BCUT2D eigenvalue weighted by molar-refractivity contribution is 7.47. The van der Waals surface area contributed by atoms with E-state index in [0.29, 0.717) is 25.7 Å². The van der Waals surface area contributed by atoms with Crippen LogP contribution in [0, 0.1) is 0 Å². The van der Waals surface area contributed by atoms with Crippen molar-refractivity contribution < 1.29 is 80.2 Å². The average molecular weight is 1140 g/mol. The lowest BCUT2D eigenvalue weighted by Crippen LogP contribution is -2.30. The van der Waals surface area contributed by atoms with Crippen molar-refractivity contribution in [2.24, 2.45) is 0 Å². The molecule has 0 aromatic carbocycles. The van der Waals surface area contributed by atoms with Gasteiger partial charge in [-0.1, -0.05) is 240 Å². The molecule has 0 saturated carbocycles. The van der Waals surface area contributed by atoms with Crippen LogP contribution in [0.25, 0.3) is 0 Å². The highest BCUT2D eigenvalue weighted by Gasteiger charge is 2.30. The molecule has 2 unspecified atom stereocenters. The Morgan fingerprint density at radius 1 is 0.312 bits per heavy atom. The van der Waals surface area contributed by atoms with Gasteiger partial charge in [0.15, 0.2) is 12.2 Å². The van der Waals surface area contributed by atoms with E-state index < -0.39 is 97.5 Å². The van der Waals surface area contributed by atoms with Gasteiger partial charge in [0, 0.05) is 25.7 Å². The number of carbonyl (C=O) groups is 4. The number of hydrogen-bond acceptors (Lipinski definition) is 15. The van der Waals surface area contributed by atoms with E-state index in [9.17, 15) is 43.2 Å². The first-order valence-corrected chi connectivity index (χ1v) is 33.8. The fraction of sp³-hybridized carbons (Fsp3) is 0.931. The summed E-state index contributed by atoms with van der Waals surface area (Å²) in [5.74, 6) is -2.16. The lowest BCUT2D eigenvalue weighted by Gasteiger charge is -2.21. The van der Waals surface area contributed by atoms with Gasteiger partial charge in [0.2, 0.25) is 0 Å². The Bertz CT molecular complexity index is 1500. The first-order chi connectivity index (χ1) is 37.2. The van der Waals surface area contributed by atoms with Crippen LogP contribution >= 0.6 is 15.6 Å². The molecule has 0 heterocycles. The van der Waals surface area contributed by atoms with E-state index in [0.717, 1.165) is 96.3 Å². The van der Waals surface area contributed by atoms with Crippen LogP contribution in [0.15, 0.2) is 0 Å². The van der Waals surface area contributed by atoms with Gasteiger partial charge in [-0.3, -0.25) is 37.3 Å². The van der Waals surface area contributed by atoms with E-state index in [1.807, 2.05) is 0 Å². The summed E-state index contributed by atoms with van der Waals surface area (Å²) in [6, 6.07) is 0. The Morgan fingerprint density at radius 2 is 0.519 bits per heavy atom. The standard InChI is InChI=1S/C58H112O17P2/c1-5-9-13-17-19-21-23-25-26-27-29-31-33-37-41-45-58(63)75-54(49-69-56(61)43-39-36-32-30-28-24-22-20-18-14-10-6-2)51-73-77(66,67)71-47-52(59)46-70-76(64,65)72-50-53(74-57(62)44-40-35-16-12-8-4)48-68-55(60)42-38-34-15-11-7-3/h52-54,59H,5-51H2,1-4H3,(H,64,65)(H,66,67)/t52-,53+,54+/m0/s1. The molecule has 0 bridgehead atoms. The molecule has 0 radical (unpaired) electrons. The Hall–Kier alpha value is -1.94. The van der Waals surface area contributed by atoms with Crippen molar-refractivity contribution in [3.8, 4) is 0 Å². The monoisotopic (exact) mass is 1140 g/mol. The minimum atomic E-state index is -4.93. The van der Waals surface area contributed by atoms with Gasteiger partial charge >= 0.3 is 39.5 Å². The number of ether oxygens (including phenoxy) is 4.